The Morgan fingerprint density at radius 1 is 1.10 bits per heavy atom. The highest BCUT2D eigenvalue weighted by molar-refractivity contribution is 5.89. The number of amides is 2. The zero-order chi connectivity index (χ0) is 14.2. The highest BCUT2D eigenvalue weighted by Crippen LogP contribution is 2.32. The van der Waals surface area contributed by atoms with Gasteiger partial charge in [-0.3, -0.25) is 9.59 Å². The van der Waals surface area contributed by atoms with Gasteiger partial charge in [0, 0.05) is 25.0 Å². The van der Waals surface area contributed by atoms with Gasteiger partial charge < -0.3 is 16.0 Å². The summed E-state index contributed by atoms with van der Waals surface area (Å²) in [5, 5.41) is 3.01. The van der Waals surface area contributed by atoms with Crippen LogP contribution >= 0.6 is 0 Å². The first kappa shape index (κ1) is 13.9. The number of hydrogen-bond donors (Lipinski definition) is 2. The monoisotopic (exact) mass is 279 g/mol. The van der Waals surface area contributed by atoms with Crippen molar-refractivity contribution < 1.29 is 9.59 Å². The molecule has 0 bridgehead atoms. The highest BCUT2D eigenvalue weighted by Gasteiger charge is 2.47. The van der Waals surface area contributed by atoms with Crippen molar-refractivity contribution in [2.45, 2.75) is 62.9 Å². The Balaban J connectivity index is 1.48. The minimum absolute atomic E-state index is 0.0329. The molecule has 2 saturated carbocycles. The number of likely N-dealkylation sites (tertiary alicyclic amines) is 1. The summed E-state index contributed by atoms with van der Waals surface area (Å²) in [6, 6.07) is 0.0936. The van der Waals surface area contributed by atoms with E-state index < -0.39 is 5.54 Å². The van der Waals surface area contributed by atoms with E-state index in [9.17, 15) is 9.59 Å². The van der Waals surface area contributed by atoms with Crippen LogP contribution in [-0.4, -0.2) is 41.4 Å². The summed E-state index contributed by atoms with van der Waals surface area (Å²) in [5.41, 5.74) is 5.28. The number of nitrogens with zero attached hydrogens (tertiary/aromatic N) is 1. The van der Waals surface area contributed by atoms with Crippen molar-refractivity contribution >= 4 is 11.8 Å². The first-order valence-corrected chi connectivity index (χ1v) is 7.97. The third-order valence-electron chi connectivity index (χ3n) is 5.03. The van der Waals surface area contributed by atoms with E-state index in [4.69, 9.17) is 5.73 Å². The second kappa shape index (κ2) is 5.35. The second-order valence-corrected chi connectivity index (χ2v) is 6.73. The van der Waals surface area contributed by atoms with Crippen molar-refractivity contribution in [3.63, 3.8) is 0 Å². The van der Waals surface area contributed by atoms with Gasteiger partial charge in [0.2, 0.25) is 11.8 Å². The van der Waals surface area contributed by atoms with E-state index in [1.165, 1.54) is 19.3 Å². The Morgan fingerprint density at radius 3 is 2.45 bits per heavy atom. The van der Waals surface area contributed by atoms with E-state index in [-0.39, 0.29) is 17.9 Å². The van der Waals surface area contributed by atoms with Crippen LogP contribution < -0.4 is 11.1 Å². The first-order valence-electron chi connectivity index (χ1n) is 7.97. The largest absolute Gasteiger partial charge is 0.350 e. The number of nitrogens with one attached hydrogen (secondary N) is 1. The molecule has 112 valence electrons. The summed E-state index contributed by atoms with van der Waals surface area (Å²) in [6.07, 6.45) is 8.14. The van der Waals surface area contributed by atoms with Crippen LogP contribution in [0.15, 0.2) is 0 Å². The van der Waals surface area contributed by atoms with E-state index in [2.05, 4.69) is 5.32 Å². The maximum Gasteiger partial charge on any atom is 0.240 e. The van der Waals surface area contributed by atoms with Gasteiger partial charge in [0.1, 0.15) is 0 Å². The molecule has 0 radical (unpaired) electrons. The quantitative estimate of drug-likeness (QED) is 0.801. The number of hydrogen-bond acceptors (Lipinski definition) is 3. The molecule has 2 aliphatic carbocycles. The Bertz CT molecular complexity index is 400. The zero-order valence-electron chi connectivity index (χ0n) is 12.1. The predicted molar refractivity (Wildman–Crippen MR) is 75.9 cm³/mol. The molecule has 1 heterocycles. The molecule has 1 atom stereocenters. The third-order valence-corrected chi connectivity index (χ3v) is 5.03. The minimum Gasteiger partial charge on any atom is -0.350 e. The summed E-state index contributed by atoms with van der Waals surface area (Å²) < 4.78 is 0. The molecular weight excluding hydrogens is 254 g/mol. The fourth-order valence-corrected chi connectivity index (χ4v) is 3.38. The maximum absolute atomic E-state index is 12.4. The molecule has 3 fully saturated rings. The standard InChI is InChI=1S/C15H25N3O2/c16-15(7-8-15)14(20)17-12-6-9-18(10-12)13(19)11-4-2-1-3-5-11/h11-12H,1-10,16H2,(H,17,20). The molecular formula is C15H25N3O2. The normalized spacial score (nSPS) is 29.2. The Morgan fingerprint density at radius 2 is 1.80 bits per heavy atom. The van der Waals surface area contributed by atoms with Crippen LogP contribution in [0.4, 0.5) is 0 Å². The molecule has 5 nitrogen and oxygen atoms in total. The van der Waals surface area contributed by atoms with E-state index in [1.807, 2.05) is 4.90 Å². The number of carbonyl (C=O) groups excluding carboxylic acids is 2. The lowest BCUT2D eigenvalue weighted by atomic mass is 9.88. The van der Waals surface area contributed by atoms with Gasteiger partial charge in [0.05, 0.1) is 5.54 Å². The van der Waals surface area contributed by atoms with Crippen molar-refractivity contribution in [2.24, 2.45) is 11.7 Å². The summed E-state index contributed by atoms with van der Waals surface area (Å²) >= 11 is 0. The number of nitrogens with two attached hydrogens (primary N) is 1. The predicted octanol–water partition coefficient (Wildman–Crippen LogP) is 0.775. The SMILES string of the molecule is NC1(C(=O)NC2CCN(C(=O)C3CCCCC3)C2)CC1. The van der Waals surface area contributed by atoms with Crippen molar-refractivity contribution in [3.8, 4) is 0 Å². The molecule has 0 aromatic rings. The van der Waals surface area contributed by atoms with Crippen LogP contribution in [-0.2, 0) is 9.59 Å². The first-order chi connectivity index (χ1) is 9.58. The Labute approximate surface area is 120 Å². The lowest BCUT2D eigenvalue weighted by Gasteiger charge is -2.26. The summed E-state index contributed by atoms with van der Waals surface area (Å²) in [7, 11) is 0. The van der Waals surface area contributed by atoms with E-state index in [0.29, 0.717) is 12.5 Å². The fourth-order valence-electron chi connectivity index (χ4n) is 3.38. The summed E-state index contributed by atoms with van der Waals surface area (Å²) in [6.45, 7) is 1.44. The average Bonchev–Trinajstić information content (AvgIpc) is 3.06. The Hall–Kier alpha value is -1.10. The van der Waals surface area contributed by atoms with Crippen LogP contribution in [0.25, 0.3) is 0 Å². The molecule has 0 aromatic heterocycles. The van der Waals surface area contributed by atoms with Crippen LogP contribution in [0.2, 0.25) is 0 Å². The molecule has 0 aromatic carbocycles. The Kier molecular flexibility index (Phi) is 3.71. The number of rotatable bonds is 3. The molecule has 1 aliphatic heterocycles. The molecule has 3 rings (SSSR count). The number of carbonyl (C=O) groups is 2. The van der Waals surface area contributed by atoms with Crippen molar-refractivity contribution in [1.82, 2.24) is 10.2 Å². The summed E-state index contributed by atoms with van der Waals surface area (Å²) in [4.78, 5) is 26.3. The minimum atomic E-state index is -0.610. The molecule has 3 aliphatic rings. The molecule has 2 amide bonds. The van der Waals surface area contributed by atoms with E-state index in [1.54, 1.807) is 0 Å². The van der Waals surface area contributed by atoms with Crippen LogP contribution in [0.1, 0.15) is 51.4 Å². The van der Waals surface area contributed by atoms with Crippen LogP contribution in [0.5, 0.6) is 0 Å². The smallest absolute Gasteiger partial charge is 0.240 e. The van der Waals surface area contributed by atoms with Gasteiger partial charge in [-0.25, -0.2) is 0 Å². The van der Waals surface area contributed by atoms with Gasteiger partial charge in [-0.15, -0.1) is 0 Å². The lowest BCUT2D eigenvalue weighted by Crippen LogP contribution is -2.48. The molecule has 20 heavy (non-hydrogen) atoms. The lowest BCUT2D eigenvalue weighted by molar-refractivity contribution is -0.135. The van der Waals surface area contributed by atoms with Crippen molar-refractivity contribution in [1.29, 1.82) is 0 Å². The van der Waals surface area contributed by atoms with Gasteiger partial charge in [0.25, 0.3) is 0 Å². The molecule has 3 N–H and O–H groups in total. The summed E-state index contributed by atoms with van der Waals surface area (Å²) in [5.74, 6) is 0.493. The third kappa shape index (κ3) is 2.82. The van der Waals surface area contributed by atoms with Gasteiger partial charge in [0.15, 0.2) is 0 Å². The van der Waals surface area contributed by atoms with E-state index >= 15 is 0 Å². The van der Waals surface area contributed by atoms with Gasteiger partial charge in [-0.05, 0) is 32.1 Å². The average molecular weight is 279 g/mol. The van der Waals surface area contributed by atoms with Crippen molar-refractivity contribution in [2.75, 3.05) is 13.1 Å². The molecule has 1 saturated heterocycles. The van der Waals surface area contributed by atoms with Crippen LogP contribution in [0, 0.1) is 5.92 Å². The maximum atomic E-state index is 12.4. The van der Waals surface area contributed by atoms with E-state index in [0.717, 1.165) is 38.6 Å². The molecule has 0 spiro atoms. The fraction of sp³-hybridized carbons (Fsp3) is 0.867. The van der Waals surface area contributed by atoms with Gasteiger partial charge >= 0.3 is 0 Å². The second-order valence-electron chi connectivity index (χ2n) is 6.73. The zero-order valence-corrected chi connectivity index (χ0v) is 12.1. The van der Waals surface area contributed by atoms with Crippen LogP contribution in [0.3, 0.4) is 0 Å². The van der Waals surface area contributed by atoms with Gasteiger partial charge in [-0.2, -0.15) is 0 Å². The van der Waals surface area contributed by atoms with Gasteiger partial charge in [-0.1, -0.05) is 19.3 Å². The molecule has 1 unspecified atom stereocenters. The highest BCUT2D eigenvalue weighted by atomic mass is 16.2. The molecule has 5 heteroatoms. The topological polar surface area (TPSA) is 75.4 Å². The van der Waals surface area contributed by atoms with Crippen molar-refractivity contribution in [3.05, 3.63) is 0 Å².